The van der Waals surface area contributed by atoms with Gasteiger partial charge >= 0.3 is 17.9 Å². The molecule has 0 aliphatic heterocycles. The number of hydrogen-bond donors (Lipinski definition) is 3. The number of benzene rings is 1. The largest absolute Gasteiger partial charge is 0.478 e. The highest BCUT2D eigenvalue weighted by atomic mass is 16.4. The predicted octanol–water partition coefficient (Wildman–Crippen LogP) is 1.35. The van der Waals surface area contributed by atoms with Crippen molar-refractivity contribution in [2.24, 2.45) is 0 Å². The second-order valence-electron chi connectivity index (χ2n) is 3.19. The van der Waals surface area contributed by atoms with E-state index in [-0.39, 0.29) is 22.3 Å². The normalized spacial score (nSPS) is 9.94. The van der Waals surface area contributed by atoms with E-state index in [1.807, 2.05) is 0 Å². The van der Waals surface area contributed by atoms with Crippen molar-refractivity contribution < 1.29 is 29.7 Å². The molecule has 1 aromatic rings. The zero-order valence-corrected chi connectivity index (χ0v) is 8.80. The molecule has 0 aromatic heterocycles. The summed E-state index contributed by atoms with van der Waals surface area (Å²) in [7, 11) is 0. The molecule has 17 heavy (non-hydrogen) atoms. The Hall–Kier alpha value is -2.37. The number of carboxylic acids is 3. The van der Waals surface area contributed by atoms with Crippen molar-refractivity contribution in [1.82, 2.24) is 0 Å². The number of carboxylic acid groups (broad SMARTS) is 3. The summed E-state index contributed by atoms with van der Waals surface area (Å²) in [5.41, 5.74) is -1.06. The Morgan fingerprint density at radius 1 is 0.941 bits per heavy atom. The van der Waals surface area contributed by atoms with Crippen LogP contribution in [0.2, 0.25) is 0 Å². The molecule has 0 fully saturated rings. The van der Waals surface area contributed by atoms with Gasteiger partial charge in [0, 0.05) is 0 Å². The molecule has 0 spiro atoms. The average molecular weight is 237 g/mol. The van der Waals surface area contributed by atoms with Crippen LogP contribution in [-0.4, -0.2) is 33.2 Å². The van der Waals surface area contributed by atoms with Crippen molar-refractivity contribution in [3.8, 4) is 0 Å². The molecule has 3 N–H and O–H groups in total. The van der Waals surface area contributed by atoms with Gasteiger partial charge < -0.3 is 15.3 Å². The zero-order valence-electron chi connectivity index (χ0n) is 8.80. The molecule has 0 aliphatic carbocycles. The molecule has 6 nitrogen and oxygen atoms in total. The van der Waals surface area contributed by atoms with E-state index in [9.17, 15) is 14.4 Å². The number of carbonyl (C=O) groups is 3. The summed E-state index contributed by atoms with van der Waals surface area (Å²) in [5.74, 6) is -4.12. The Balaban J connectivity index is 3.63. The number of rotatable bonds is 4. The highest BCUT2D eigenvalue weighted by Crippen LogP contribution is 2.20. The third-order valence-corrected chi connectivity index (χ3v) is 2.18. The first-order valence-corrected chi connectivity index (χ1v) is 4.55. The monoisotopic (exact) mass is 237 g/mol. The molecule has 1 aromatic carbocycles. The SMILES string of the molecule is C[CH]c1c(C(=O)O)cc(C(=O)O)cc1C(=O)O. The molecule has 0 saturated carbocycles. The maximum atomic E-state index is 10.9. The minimum atomic E-state index is -1.38. The Labute approximate surface area is 96.1 Å². The first-order chi connectivity index (χ1) is 7.88. The highest BCUT2D eigenvalue weighted by Gasteiger charge is 2.20. The molecule has 0 aliphatic rings. The molecular weight excluding hydrogens is 228 g/mol. The molecule has 1 rings (SSSR count). The second-order valence-corrected chi connectivity index (χ2v) is 3.19. The Morgan fingerprint density at radius 3 is 1.59 bits per heavy atom. The first kappa shape index (κ1) is 12.7. The maximum Gasteiger partial charge on any atom is 0.336 e. The fourth-order valence-corrected chi connectivity index (χ4v) is 1.44. The van der Waals surface area contributed by atoms with Crippen molar-refractivity contribution in [3.05, 3.63) is 40.8 Å². The van der Waals surface area contributed by atoms with Crippen molar-refractivity contribution in [1.29, 1.82) is 0 Å². The second kappa shape index (κ2) is 4.65. The van der Waals surface area contributed by atoms with Gasteiger partial charge in [-0.1, -0.05) is 6.92 Å². The highest BCUT2D eigenvalue weighted by molar-refractivity contribution is 6.01. The van der Waals surface area contributed by atoms with Gasteiger partial charge in [-0.2, -0.15) is 0 Å². The summed E-state index contributed by atoms with van der Waals surface area (Å²) in [5, 5.41) is 26.6. The lowest BCUT2D eigenvalue weighted by Crippen LogP contribution is -2.12. The van der Waals surface area contributed by atoms with E-state index in [0.717, 1.165) is 12.1 Å². The zero-order chi connectivity index (χ0) is 13.2. The molecule has 0 heterocycles. The summed E-state index contributed by atoms with van der Waals surface area (Å²) in [6.07, 6.45) is 1.32. The molecule has 0 saturated heterocycles. The van der Waals surface area contributed by atoms with Crippen molar-refractivity contribution >= 4 is 17.9 Å². The quantitative estimate of drug-likeness (QED) is 0.728. The standard InChI is InChI=1S/C11H9O6/c1-2-6-7(10(14)15)3-5(9(12)13)4-8(6)11(16)17/h2-4H,1H3,(H,12,13)(H,14,15)(H,16,17). The van der Waals surface area contributed by atoms with E-state index >= 15 is 0 Å². The van der Waals surface area contributed by atoms with Crippen LogP contribution in [0.5, 0.6) is 0 Å². The summed E-state index contributed by atoms with van der Waals surface area (Å²) in [6, 6.07) is 1.87. The van der Waals surface area contributed by atoms with Crippen LogP contribution in [0.4, 0.5) is 0 Å². The number of aromatic carboxylic acids is 3. The predicted molar refractivity (Wildman–Crippen MR) is 56.4 cm³/mol. The molecule has 0 unspecified atom stereocenters. The van der Waals surface area contributed by atoms with E-state index in [2.05, 4.69) is 0 Å². The summed E-state index contributed by atoms with van der Waals surface area (Å²) in [4.78, 5) is 32.6. The molecule has 0 atom stereocenters. The van der Waals surface area contributed by atoms with Gasteiger partial charge in [-0.25, -0.2) is 14.4 Å². The fourth-order valence-electron chi connectivity index (χ4n) is 1.44. The van der Waals surface area contributed by atoms with Gasteiger partial charge in [-0.15, -0.1) is 0 Å². The topological polar surface area (TPSA) is 112 Å². The maximum absolute atomic E-state index is 10.9. The van der Waals surface area contributed by atoms with Gasteiger partial charge in [0.1, 0.15) is 0 Å². The third-order valence-electron chi connectivity index (χ3n) is 2.18. The van der Waals surface area contributed by atoms with Crippen LogP contribution in [0, 0.1) is 6.42 Å². The lowest BCUT2D eigenvalue weighted by atomic mass is 9.95. The van der Waals surface area contributed by atoms with Gasteiger partial charge in [0.2, 0.25) is 0 Å². The minimum absolute atomic E-state index is 0.00463. The Bertz CT molecular complexity index is 468. The lowest BCUT2D eigenvalue weighted by molar-refractivity contribution is 0.0695. The lowest BCUT2D eigenvalue weighted by Gasteiger charge is -2.09. The van der Waals surface area contributed by atoms with Crippen LogP contribution in [0.1, 0.15) is 43.6 Å². The van der Waals surface area contributed by atoms with Gasteiger partial charge in [0.15, 0.2) is 0 Å². The minimum Gasteiger partial charge on any atom is -0.478 e. The smallest absolute Gasteiger partial charge is 0.336 e. The van der Waals surface area contributed by atoms with Crippen molar-refractivity contribution in [3.63, 3.8) is 0 Å². The van der Waals surface area contributed by atoms with Gasteiger partial charge in [-0.3, -0.25) is 0 Å². The average Bonchev–Trinajstić information content (AvgIpc) is 2.26. The summed E-state index contributed by atoms with van der Waals surface area (Å²) < 4.78 is 0. The molecule has 89 valence electrons. The summed E-state index contributed by atoms with van der Waals surface area (Å²) in [6.45, 7) is 1.48. The van der Waals surface area contributed by atoms with E-state index < -0.39 is 17.9 Å². The van der Waals surface area contributed by atoms with Crippen molar-refractivity contribution in [2.75, 3.05) is 0 Å². The fraction of sp³-hybridized carbons (Fsp3) is 0.0909. The van der Waals surface area contributed by atoms with E-state index in [1.54, 1.807) is 0 Å². The molecule has 6 heteroatoms. The van der Waals surface area contributed by atoms with E-state index in [1.165, 1.54) is 13.3 Å². The van der Waals surface area contributed by atoms with Crippen molar-refractivity contribution in [2.45, 2.75) is 6.92 Å². The van der Waals surface area contributed by atoms with Gasteiger partial charge in [0.25, 0.3) is 0 Å². The molecular formula is C11H9O6. The first-order valence-electron chi connectivity index (χ1n) is 4.55. The molecule has 0 amide bonds. The number of hydrogen-bond acceptors (Lipinski definition) is 3. The Kier molecular flexibility index (Phi) is 3.47. The van der Waals surface area contributed by atoms with Crippen LogP contribution >= 0.6 is 0 Å². The summed E-state index contributed by atoms with van der Waals surface area (Å²) >= 11 is 0. The van der Waals surface area contributed by atoms with Gasteiger partial charge in [-0.05, 0) is 24.1 Å². The van der Waals surface area contributed by atoms with E-state index in [0.29, 0.717) is 0 Å². The van der Waals surface area contributed by atoms with Crippen LogP contribution < -0.4 is 0 Å². The van der Waals surface area contributed by atoms with Crippen LogP contribution in [0.15, 0.2) is 12.1 Å². The Morgan fingerprint density at radius 2 is 1.35 bits per heavy atom. The van der Waals surface area contributed by atoms with Crippen LogP contribution in [0.25, 0.3) is 0 Å². The van der Waals surface area contributed by atoms with Crippen LogP contribution in [0.3, 0.4) is 0 Å². The third kappa shape index (κ3) is 2.41. The van der Waals surface area contributed by atoms with E-state index in [4.69, 9.17) is 15.3 Å². The van der Waals surface area contributed by atoms with Crippen LogP contribution in [-0.2, 0) is 0 Å². The molecule has 1 radical (unpaired) electrons. The molecule has 0 bridgehead atoms. The van der Waals surface area contributed by atoms with Gasteiger partial charge in [0.05, 0.1) is 16.7 Å².